The van der Waals surface area contributed by atoms with Gasteiger partial charge in [-0.2, -0.15) is 0 Å². The molecule has 33 heavy (non-hydrogen) atoms. The molecule has 6 nitrogen and oxygen atoms in total. The van der Waals surface area contributed by atoms with E-state index in [2.05, 4.69) is 0 Å². The van der Waals surface area contributed by atoms with E-state index in [1.807, 2.05) is 12.1 Å². The van der Waals surface area contributed by atoms with Crippen LogP contribution in [0.3, 0.4) is 0 Å². The van der Waals surface area contributed by atoms with Crippen LogP contribution in [0.25, 0.3) is 11.0 Å². The Morgan fingerprint density at radius 2 is 1.91 bits per heavy atom. The van der Waals surface area contributed by atoms with E-state index in [1.165, 1.54) is 0 Å². The fourth-order valence-electron chi connectivity index (χ4n) is 4.99. The summed E-state index contributed by atoms with van der Waals surface area (Å²) in [7, 11) is 1.57. The standard InChI is InChI=1S/C26H24ClNO5/c1-32-19-9-5-6-15(13-19)23-22(25(30)26(31)28(23)18-7-3-2-4-8-18)24(29)21-14-16-12-17(27)10-11-20(16)33-21/h5-6,9-14,18,23,30H,2-4,7-8H2,1H3. The molecule has 0 spiro atoms. The van der Waals surface area contributed by atoms with E-state index in [0.717, 1.165) is 32.1 Å². The van der Waals surface area contributed by atoms with Crippen LogP contribution in [0.4, 0.5) is 0 Å². The van der Waals surface area contributed by atoms with Gasteiger partial charge in [-0.1, -0.05) is 43.0 Å². The van der Waals surface area contributed by atoms with Crippen molar-refractivity contribution in [3.05, 3.63) is 76.2 Å². The Morgan fingerprint density at radius 3 is 2.67 bits per heavy atom. The minimum absolute atomic E-state index is 0.0315. The van der Waals surface area contributed by atoms with Gasteiger partial charge in [0.25, 0.3) is 5.91 Å². The van der Waals surface area contributed by atoms with Gasteiger partial charge in [0.1, 0.15) is 11.3 Å². The monoisotopic (exact) mass is 465 g/mol. The van der Waals surface area contributed by atoms with E-state index < -0.39 is 23.5 Å². The van der Waals surface area contributed by atoms with E-state index in [-0.39, 0.29) is 17.4 Å². The highest BCUT2D eigenvalue weighted by atomic mass is 35.5. The fourth-order valence-corrected chi connectivity index (χ4v) is 5.17. The molecule has 1 saturated carbocycles. The number of ketones is 1. The number of Topliss-reactive ketones (excluding diaryl/α,β-unsaturated/α-hetero) is 1. The summed E-state index contributed by atoms with van der Waals surface area (Å²) < 4.78 is 11.2. The Hall–Kier alpha value is -3.25. The van der Waals surface area contributed by atoms with Crippen molar-refractivity contribution >= 4 is 34.3 Å². The number of ether oxygens (including phenoxy) is 1. The van der Waals surface area contributed by atoms with Crippen molar-refractivity contribution < 1.29 is 23.8 Å². The number of methoxy groups -OCH3 is 1. The van der Waals surface area contributed by atoms with Gasteiger partial charge in [-0.3, -0.25) is 9.59 Å². The molecule has 3 aromatic rings. The summed E-state index contributed by atoms with van der Waals surface area (Å²) in [5.74, 6) is -0.881. The first-order valence-corrected chi connectivity index (χ1v) is 11.5. The van der Waals surface area contributed by atoms with Gasteiger partial charge in [0.15, 0.2) is 11.5 Å². The van der Waals surface area contributed by atoms with Crippen LogP contribution in [0.15, 0.2) is 64.3 Å². The molecule has 5 rings (SSSR count). The Labute approximate surface area is 196 Å². The number of carbonyl (C=O) groups is 2. The number of benzene rings is 2. The number of hydrogen-bond donors (Lipinski definition) is 1. The summed E-state index contributed by atoms with van der Waals surface area (Å²) in [6.07, 6.45) is 4.81. The maximum Gasteiger partial charge on any atom is 0.290 e. The third-order valence-corrected chi connectivity index (χ3v) is 6.80. The molecule has 1 aromatic heterocycles. The zero-order valence-electron chi connectivity index (χ0n) is 18.2. The average molecular weight is 466 g/mol. The van der Waals surface area contributed by atoms with Gasteiger partial charge in [0.2, 0.25) is 5.78 Å². The van der Waals surface area contributed by atoms with Gasteiger partial charge >= 0.3 is 0 Å². The van der Waals surface area contributed by atoms with Gasteiger partial charge < -0.3 is 19.2 Å². The first-order valence-electron chi connectivity index (χ1n) is 11.1. The van der Waals surface area contributed by atoms with Gasteiger partial charge in [0, 0.05) is 16.5 Å². The normalized spacial score (nSPS) is 19.5. The summed E-state index contributed by atoms with van der Waals surface area (Å²) in [5, 5.41) is 12.1. The van der Waals surface area contributed by atoms with Crippen LogP contribution in [-0.2, 0) is 4.79 Å². The Balaban J connectivity index is 1.61. The van der Waals surface area contributed by atoms with Crippen LogP contribution in [0.5, 0.6) is 5.75 Å². The van der Waals surface area contributed by atoms with Crippen molar-refractivity contribution in [2.45, 2.75) is 44.2 Å². The minimum atomic E-state index is -0.722. The first-order chi connectivity index (χ1) is 16.0. The molecule has 7 heteroatoms. The topological polar surface area (TPSA) is 80.0 Å². The summed E-state index contributed by atoms with van der Waals surface area (Å²) in [6, 6.07) is 13.2. The molecule has 0 bridgehead atoms. The van der Waals surface area contributed by atoms with Crippen molar-refractivity contribution in [2.75, 3.05) is 7.11 Å². The van der Waals surface area contributed by atoms with Crippen molar-refractivity contribution in [3.8, 4) is 5.75 Å². The predicted octanol–water partition coefficient (Wildman–Crippen LogP) is 6.01. The second-order valence-electron chi connectivity index (χ2n) is 8.57. The van der Waals surface area contributed by atoms with E-state index >= 15 is 0 Å². The second-order valence-corrected chi connectivity index (χ2v) is 9.00. The first kappa shape index (κ1) is 21.6. The van der Waals surface area contributed by atoms with Crippen molar-refractivity contribution in [1.29, 1.82) is 0 Å². The van der Waals surface area contributed by atoms with E-state index in [1.54, 1.807) is 48.4 Å². The van der Waals surface area contributed by atoms with Crippen LogP contribution in [0, 0.1) is 0 Å². The van der Waals surface area contributed by atoms with E-state index in [0.29, 0.717) is 27.3 Å². The number of amides is 1. The summed E-state index contributed by atoms with van der Waals surface area (Å²) in [5.41, 5.74) is 1.25. The second kappa shape index (κ2) is 8.60. The lowest BCUT2D eigenvalue weighted by molar-refractivity contribution is -0.132. The Morgan fingerprint density at radius 1 is 1.12 bits per heavy atom. The molecule has 2 aliphatic rings. The molecule has 1 amide bonds. The van der Waals surface area contributed by atoms with Crippen LogP contribution >= 0.6 is 11.6 Å². The molecular formula is C26H24ClNO5. The number of rotatable bonds is 5. The summed E-state index contributed by atoms with van der Waals surface area (Å²) in [6.45, 7) is 0. The largest absolute Gasteiger partial charge is 0.503 e. The highest BCUT2D eigenvalue weighted by molar-refractivity contribution is 6.31. The average Bonchev–Trinajstić information content (AvgIpc) is 3.37. The summed E-state index contributed by atoms with van der Waals surface area (Å²) >= 11 is 6.07. The van der Waals surface area contributed by atoms with Crippen LogP contribution < -0.4 is 4.74 Å². The quantitative estimate of drug-likeness (QED) is 0.467. The number of aliphatic hydroxyl groups is 1. The molecule has 0 radical (unpaired) electrons. The highest BCUT2D eigenvalue weighted by Crippen LogP contribution is 2.43. The maximum atomic E-state index is 13.7. The Bertz CT molecular complexity index is 1270. The number of hydrogen-bond acceptors (Lipinski definition) is 5. The molecule has 1 fully saturated rings. The number of aliphatic hydroxyl groups excluding tert-OH is 1. The highest BCUT2D eigenvalue weighted by Gasteiger charge is 2.47. The predicted molar refractivity (Wildman–Crippen MR) is 125 cm³/mol. The Kier molecular flexibility index (Phi) is 5.62. The minimum Gasteiger partial charge on any atom is -0.503 e. The molecule has 1 aliphatic carbocycles. The summed E-state index contributed by atoms with van der Waals surface area (Å²) in [4.78, 5) is 28.6. The number of fused-ring (bicyclic) bond motifs is 1. The lowest BCUT2D eigenvalue weighted by Gasteiger charge is -2.36. The van der Waals surface area contributed by atoms with Crippen molar-refractivity contribution in [3.63, 3.8) is 0 Å². The van der Waals surface area contributed by atoms with Gasteiger partial charge in [-0.05, 0) is 54.8 Å². The molecule has 0 saturated heterocycles. The zero-order chi connectivity index (χ0) is 23.1. The SMILES string of the molecule is COc1cccc(C2C(C(=O)c3cc4cc(Cl)ccc4o3)=C(O)C(=O)N2C2CCCCC2)c1. The van der Waals surface area contributed by atoms with Crippen molar-refractivity contribution in [2.24, 2.45) is 0 Å². The third kappa shape index (κ3) is 3.78. The van der Waals surface area contributed by atoms with E-state index in [9.17, 15) is 14.7 Å². The zero-order valence-corrected chi connectivity index (χ0v) is 19.0. The van der Waals surface area contributed by atoms with Gasteiger partial charge in [-0.25, -0.2) is 0 Å². The molecule has 1 unspecified atom stereocenters. The van der Waals surface area contributed by atoms with Gasteiger partial charge in [0.05, 0.1) is 18.7 Å². The molecule has 1 aliphatic heterocycles. The number of halogens is 1. The lowest BCUT2D eigenvalue weighted by atomic mass is 9.90. The van der Waals surface area contributed by atoms with Crippen LogP contribution in [0.2, 0.25) is 5.02 Å². The third-order valence-electron chi connectivity index (χ3n) is 6.57. The lowest BCUT2D eigenvalue weighted by Crippen LogP contribution is -2.41. The number of carbonyl (C=O) groups excluding carboxylic acids is 2. The number of nitrogens with zero attached hydrogens (tertiary/aromatic N) is 1. The molecular weight excluding hydrogens is 442 g/mol. The van der Waals surface area contributed by atoms with Crippen LogP contribution in [0.1, 0.15) is 54.3 Å². The smallest absolute Gasteiger partial charge is 0.290 e. The number of furan rings is 1. The van der Waals surface area contributed by atoms with Gasteiger partial charge in [-0.15, -0.1) is 0 Å². The molecule has 170 valence electrons. The molecule has 2 aromatic carbocycles. The molecule has 1 atom stereocenters. The van der Waals surface area contributed by atoms with Crippen molar-refractivity contribution in [1.82, 2.24) is 4.90 Å². The maximum absolute atomic E-state index is 13.7. The van der Waals surface area contributed by atoms with E-state index in [4.69, 9.17) is 20.8 Å². The van der Waals surface area contributed by atoms with Crippen LogP contribution in [-0.4, -0.2) is 34.8 Å². The fraction of sp³-hybridized carbons (Fsp3) is 0.308. The molecule has 1 N–H and O–H groups in total. The molecule has 2 heterocycles.